The molecule has 2 fully saturated rings. The van der Waals surface area contributed by atoms with Gasteiger partial charge in [0.05, 0.1) is 0 Å². The number of piperazine rings is 1. The van der Waals surface area contributed by atoms with Crippen LogP contribution in [0, 0.1) is 6.92 Å². The lowest BCUT2D eigenvalue weighted by Crippen LogP contribution is -2.63. The van der Waals surface area contributed by atoms with E-state index in [9.17, 15) is 4.79 Å². The maximum atomic E-state index is 12.5. The molecule has 2 aromatic rings. The Morgan fingerprint density at radius 2 is 1.85 bits per heavy atom. The van der Waals surface area contributed by atoms with Gasteiger partial charge in [0, 0.05) is 55.9 Å². The summed E-state index contributed by atoms with van der Waals surface area (Å²) in [5, 5.41) is 1.12. The summed E-state index contributed by atoms with van der Waals surface area (Å²) in [6.45, 7) is 8.39. The summed E-state index contributed by atoms with van der Waals surface area (Å²) in [6.07, 6.45) is 2.36. The second kappa shape index (κ2) is 6.80. The van der Waals surface area contributed by atoms with Crippen molar-refractivity contribution in [3.63, 3.8) is 0 Å². The van der Waals surface area contributed by atoms with Crippen LogP contribution in [0.1, 0.15) is 24.0 Å². The van der Waals surface area contributed by atoms with Gasteiger partial charge in [-0.05, 0) is 56.9 Å². The molecule has 2 aliphatic heterocycles. The number of aromatic nitrogens is 1. The largest absolute Gasteiger partial charge is 0.322 e. The van der Waals surface area contributed by atoms with Gasteiger partial charge in [-0.2, -0.15) is 0 Å². The lowest BCUT2D eigenvalue weighted by molar-refractivity contribution is -0.0205. The molecule has 0 aliphatic carbocycles. The Kier molecular flexibility index (Phi) is 4.63. The van der Waals surface area contributed by atoms with E-state index in [1.807, 2.05) is 6.07 Å². The first-order valence-corrected chi connectivity index (χ1v) is 9.70. The molecule has 5 nitrogen and oxygen atoms in total. The molecule has 3 heterocycles. The molecule has 1 N–H and O–H groups in total. The Labute approximate surface area is 155 Å². The quantitative estimate of drug-likeness (QED) is 0.896. The number of pyridine rings is 1. The van der Waals surface area contributed by atoms with Crippen LogP contribution in [-0.2, 0) is 6.54 Å². The number of likely N-dealkylation sites (N-methyl/N-ethyl adjacent to an activating group) is 2. The first-order valence-electron chi connectivity index (χ1n) is 9.70. The molecule has 26 heavy (non-hydrogen) atoms. The molecular weight excluding hydrogens is 324 g/mol. The van der Waals surface area contributed by atoms with E-state index in [0.717, 1.165) is 55.7 Å². The molecule has 0 amide bonds. The second-order valence-electron chi connectivity index (χ2n) is 8.37. The van der Waals surface area contributed by atoms with Crippen LogP contribution in [0.3, 0.4) is 0 Å². The predicted molar refractivity (Wildman–Crippen MR) is 107 cm³/mol. The minimum atomic E-state index is 0.0536. The van der Waals surface area contributed by atoms with Crippen LogP contribution in [0.5, 0.6) is 0 Å². The van der Waals surface area contributed by atoms with Crippen LogP contribution < -0.4 is 5.56 Å². The van der Waals surface area contributed by atoms with Gasteiger partial charge in [-0.25, -0.2) is 0 Å². The molecule has 0 atom stereocenters. The van der Waals surface area contributed by atoms with Gasteiger partial charge in [0.2, 0.25) is 0 Å². The lowest BCUT2D eigenvalue weighted by atomic mass is 9.83. The summed E-state index contributed by atoms with van der Waals surface area (Å²) in [6, 6.07) is 8.31. The minimum Gasteiger partial charge on any atom is -0.322 e. The fourth-order valence-corrected chi connectivity index (χ4v) is 4.65. The fraction of sp³-hybridized carbons (Fsp3) is 0.571. The minimum absolute atomic E-state index is 0.0536. The van der Waals surface area contributed by atoms with E-state index in [2.05, 4.69) is 58.9 Å². The van der Waals surface area contributed by atoms with E-state index >= 15 is 0 Å². The van der Waals surface area contributed by atoms with Gasteiger partial charge >= 0.3 is 0 Å². The van der Waals surface area contributed by atoms with E-state index in [1.165, 1.54) is 18.4 Å². The number of aromatic amines is 1. The number of fused-ring (bicyclic) bond motifs is 1. The van der Waals surface area contributed by atoms with Crippen LogP contribution in [0.15, 0.2) is 29.1 Å². The highest BCUT2D eigenvalue weighted by atomic mass is 16.1. The first-order chi connectivity index (χ1) is 12.4. The molecule has 4 rings (SSSR count). The van der Waals surface area contributed by atoms with E-state index in [-0.39, 0.29) is 5.56 Å². The number of nitrogens with zero attached hydrogens (tertiary/aromatic N) is 3. The predicted octanol–water partition coefficient (Wildman–Crippen LogP) is 2.05. The van der Waals surface area contributed by atoms with Crippen molar-refractivity contribution < 1.29 is 0 Å². The Balaban J connectivity index is 1.48. The molecule has 1 spiro atoms. The van der Waals surface area contributed by atoms with E-state index in [4.69, 9.17) is 0 Å². The molecule has 0 bridgehead atoms. The summed E-state index contributed by atoms with van der Waals surface area (Å²) < 4.78 is 0. The average Bonchev–Trinajstić information content (AvgIpc) is 2.61. The number of H-pyrrole nitrogens is 1. The molecular formula is C21H30N4O. The lowest BCUT2D eigenvalue weighted by Gasteiger charge is -2.52. The van der Waals surface area contributed by atoms with Crippen molar-refractivity contribution in [2.45, 2.75) is 31.8 Å². The number of aryl methyl sites for hydroxylation is 1. The zero-order chi connectivity index (χ0) is 18.3. The number of piperidine rings is 1. The third-order valence-electron chi connectivity index (χ3n) is 6.45. The number of hydrogen-bond acceptors (Lipinski definition) is 4. The zero-order valence-corrected chi connectivity index (χ0v) is 16.2. The Morgan fingerprint density at radius 1 is 1.08 bits per heavy atom. The van der Waals surface area contributed by atoms with Crippen molar-refractivity contribution in [1.29, 1.82) is 0 Å². The van der Waals surface area contributed by atoms with Gasteiger partial charge < -0.3 is 9.88 Å². The third-order valence-corrected chi connectivity index (χ3v) is 6.45. The molecule has 2 saturated heterocycles. The smallest absolute Gasteiger partial charge is 0.252 e. The van der Waals surface area contributed by atoms with Crippen molar-refractivity contribution in [2.75, 3.05) is 46.8 Å². The Morgan fingerprint density at radius 3 is 2.62 bits per heavy atom. The zero-order valence-electron chi connectivity index (χ0n) is 16.2. The van der Waals surface area contributed by atoms with Crippen molar-refractivity contribution in [3.05, 3.63) is 45.7 Å². The van der Waals surface area contributed by atoms with E-state index in [0.29, 0.717) is 5.54 Å². The molecule has 2 aliphatic rings. The molecule has 1 aromatic heterocycles. The summed E-state index contributed by atoms with van der Waals surface area (Å²) in [4.78, 5) is 23.0. The highest BCUT2D eigenvalue weighted by Crippen LogP contribution is 2.31. The number of benzene rings is 1. The summed E-state index contributed by atoms with van der Waals surface area (Å²) in [5.74, 6) is 0. The number of nitrogens with one attached hydrogen (secondary N) is 1. The Hall–Kier alpha value is -1.69. The molecule has 140 valence electrons. The fourth-order valence-electron chi connectivity index (χ4n) is 4.65. The monoisotopic (exact) mass is 354 g/mol. The molecule has 0 saturated carbocycles. The van der Waals surface area contributed by atoms with Gasteiger partial charge in [0.25, 0.3) is 5.56 Å². The van der Waals surface area contributed by atoms with Crippen LogP contribution in [-0.4, -0.2) is 72.0 Å². The summed E-state index contributed by atoms with van der Waals surface area (Å²) in [7, 11) is 4.51. The van der Waals surface area contributed by atoms with Gasteiger partial charge in [0.1, 0.15) is 0 Å². The first kappa shape index (κ1) is 17.7. The van der Waals surface area contributed by atoms with Crippen LogP contribution in [0.2, 0.25) is 0 Å². The number of rotatable bonds is 2. The second-order valence-corrected chi connectivity index (χ2v) is 8.37. The maximum absolute atomic E-state index is 12.5. The highest BCUT2D eigenvalue weighted by Gasteiger charge is 2.41. The van der Waals surface area contributed by atoms with Crippen molar-refractivity contribution in [1.82, 2.24) is 19.7 Å². The average molecular weight is 354 g/mol. The summed E-state index contributed by atoms with van der Waals surface area (Å²) in [5.41, 5.74) is 3.35. The van der Waals surface area contributed by atoms with Crippen LogP contribution >= 0.6 is 0 Å². The van der Waals surface area contributed by atoms with Gasteiger partial charge in [-0.15, -0.1) is 0 Å². The molecule has 1 aromatic carbocycles. The highest BCUT2D eigenvalue weighted by molar-refractivity contribution is 5.79. The van der Waals surface area contributed by atoms with Gasteiger partial charge in [-0.3, -0.25) is 14.6 Å². The van der Waals surface area contributed by atoms with Crippen molar-refractivity contribution in [3.8, 4) is 0 Å². The topological polar surface area (TPSA) is 42.6 Å². The van der Waals surface area contributed by atoms with Crippen LogP contribution in [0.4, 0.5) is 0 Å². The van der Waals surface area contributed by atoms with E-state index in [1.54, 1.807) is 0 Å². The number of hydrogen-bond donors (Lipinski definition) is 1. The van der Waals surface area contributed by atoms with Crippen molar-refractivity contribution >= 4 is 10.9 Å². The normalized spacial score (nSPS) is 22.3. The molecule has 5 heteroatoms. The summed E-state index contributed by atoms with van der Waals surface area (Å²) >= 11 is 0. The molecule has 0 radical (unpaired) electrons. The van der Waals surface area contributed by atoms with Crippen LogP contribution in [0.25, 0.3) is 10.9 Å². The van der Waals surface area contributed by atoms with Gasteiger partial charge in [0.15, 0.2) is 0 Å². The number of likely N-dealkylation sites (tertiary alicyclic amines) is 1. The molecule has 0 unspecified atom stereocenters. The Bertz CT molecular complexity index is 851. The van der Waals surface area contributed by atoms with Gasteiger partial charge in [-0.1, -0.05) is 12.1 Å². The van der Waals surface area contributed by atoms with Crippen molar-refractivity contribution in [2.24, 2.45) is 0 Å². The standard InChI is InChI=1S/C21H30N4O/c1-16-4-5-17-13-18(20(26)22-19(17)12-16)14-25-8-6-21(7-9-25)15-23(2)10-11-24(21)3/h4-5,12-13H,6-11,14-15H2,1-3H3,(H,22,26). The maximum Gasteiger partial charge on any atom is 0.252 e. The SMILES string of the molecule is Cc1ccc2cc(CN3CCC4(CC3)CN(C)CCN4C)c(=O)[nH]c2c1. The van der Waals surface area contributed by atoms with E-state index < -0.39 is 0 Å². The third kappa shape index (κ3) is 3.31.